The molecule has 1 heterocycles. The van der Waals surface area contributed by atoms with E-state index in [0.717, 1.165) is 5.76 Å². The molecule has 1 aromatic carbocycles. The Kier molecular flexibility index (Phi) is 5.14. The Bertz CT molecular complexity index is 694. The molecule has 0 spiro atoms. The molecule has 2 aromatic rings. The van der Waals surface area contributed by atoms with Crippen molar-refractivity contribution in [2.45, 2.75) is 6.92 Å². The summed E-state index contributed by atoms with van der Waals surface area (Å²) in [5, 5.41) is 6.19. The number of furan rings is 1. The second-order valence-corrected chi connectivity index (χ2v) is 5.08. The standard InChI is InChI=1S/C15H13ClN2O2S/c1-10-5-6-13(20-10)7-8-14(19)18-15(21)17-12-4-2-3-11(16)9-12/h2-9H,1H3,(H2,17,18,19,21)/b8-7+. The van der Waals surface area contributed by atoms with Crippen LogP contribution in [0.1, 0.15) is 11.5 Å². The molecule has 2 N–H and O–H groups in total. The highest BCUT2D eigenvalue weighted by molar-refractivity contribution is 7.80. The van der Waals surface area contributed by atoms with E-state index in [4.69, 9.17) is 28.2 Å². The maximum atomic E-state index is 11.7. The number of amides is 1. The smallest absolute Gasteiger partial charge is 0.250 e. The molecule has 0 aliphatic rings. The van der Waals surface area contributed by atoms with Crippen LogP contribution in [0.5, 0.6) is 0 Å². The van der Waals surface area contributed by atoms with Crippen LogP contribution in [-0.2, 0) is 4.79 Å². The minimum atomic E-state index is -0.344. The molecule has 0 atom stereocenters. The molecule has 0 bridgehead atoms. The summed E-state index contributed by atoms with van der Waals surface area (Å²) in [4.78, 5) is 11.7. The van der Waals surface area contributed by atoms with Gasteiger partial charge in [-0.2, -0.15) is 0 Å². The fraction of sp³-hybridized carbons (Fsp3) is 0.0667. The lowest BCUT2D eigenvalue weighted by atomic mass is 10.3. The lowest BCUT2D eigenvalue weighted by molar-refractivity contribution is -0.115. The molecule has 0 aliphatic carbocycles. The molecule has 4 nitrogen and oxygen atoms in total. The summed E-state index contributed by atoms with van der Waals surface area (Å²) < 4.78 is 5.32. The zero-order valence-corrected chi connectivity index (χ0v) is 12.8. The van der Waals surface area contributed by atoms with Crippen molar-refractivity contribution in [1.82, 2.24) is 5.32 Å². The second kappa shape index (κ2) is 7.06. The number of thiocarbonyl (C=S) groups is 1. The number of benzene rings is 1. The van der Waals surface area contributed by atoms with Crippen LogP contribution in [0, 0.1) is 6.92 Å². The van der Waals surface area contributed by atoms with Crippen LogP contribution < -0.4 is 10.6 Å². The van der Waals surface area contributed by atoms with Gasteiger partial charge in [-0.1, -0.05) is 17.7 Å². The molecule has 108 valence electrons. The third kappa shape index (κ3) is 5.06. The Morgan fingerprint density at radius 3 is 2.81 bits per heavy atom. The van der Waals surface area contributed by atoms with E-state index in [1.807, 2.05) is 13.0 Å². The minimum absolute atomic E-state index is 0.197. The van der Waals surface area contributed by atoms with Gasteiger partial charge in [0.05, 0.1) is 0 Å². The summed E-state index contributed by atoms with van der Waals surface area (Å²) in [5.41, 5.74) is 0.707. The highest BCUT2D eigenvalue weighted by Gasteiger charge is 2.02. The molecule has 2 rings (SSSR count). The molecule has 1 aromatic heterocycles. The van der Waals surface area contributed by atoms with Gasteiger partial charge < -0.3 is 9.73 Å². The van der Waals surface area contributed by atoms with E-state index < -0.39 is 0 Å². The zero-order valence-electron chi connectivity index (χ0n) is 11.2. The fourth-order valence-corrected chi connectivity index (χ4v) is 1.99. The molecule has 0 saturated heterocycles. The number of nitrogens with one attached hydrogen (secondary N) is 2. The van der Waals surface area contributed by atoms with E-state index in [1.165, 1.54) is 6.08 Å². The van der Waals surface area contributed by atoms with E-state index in [-0.39, 0.29) is 11.0 Å². The van der Waals surface area contributed by atoms with Gasteiger partial charge in [-0.05, 0) is 55.5 Å². The minimum Gasteiger partial charge on any atom is -0.462 e. The van der Waals surface area contributed by atoms with E-state index in [9.17, 15) is 4.79 Å². The average molecular weight is 321 g/mol. The Hall–Kier alpha value is -2.11. The van der Waals surface area contributed by atoms with E-state index in [0.29, 0.717) is 16.5 Å². The summed E-state index contributed by atoms with van der Waals surface area (Å²) in [6.45, 7) is 1.83. The topological polar surface area (TPSA) is 54.3 Å². The molecule has 6 heteroatoms. The van der Waals surface area contributed by atoms with Crippen molar-refractivity contribution in [3.63, 3.8) is 0 Å². The summed E-state index contributed by atoms with van der Waals surface area (Å²) in [5.74, 6) is 1.05. The molecule has 0 saturated carbocycles. The first-order chi connectivity index (χ1) is 10.0. The summed E-state index contributed by atoms with van der Waals surface area (Å²) in [7, 11) is 0. The Labute approximate surface area is 132 Å². The fourth-order valence-electron chi connectivity index (χ4n) is 1.58. The molecule has 0 radical (unpaired) electrons. The average Bonchev–Trinajstić information content (AvgIpc) is 2.82. The van der Waals surface area contributed by atoms with E-state index in [1.54, 1.807) is 36.4 Å². The van der Waals surface area contributed by atoms with Gasteiger partial charge in [0.15, 0.2) is 5.11 Å². The quantitative estimate of drug-likeness (QED) is 0.667. The van der Waals surface area contributed by atoms with Crippen LogP contribution in [0.2, 0.25) is 5.02 Å². The molecule has 0 aliphatic heterocycles. The van der Waals surface area contributed by atoms with Crippen molar-refractivity contribution in [3.05, 3.63) is 59.0 Å². The van der Waals surface area contributed by atoms with Gasteiger partial charge >= 0.3 is 0 Å². The first kappa shape index (κ1) is 15.3. The molecular formula is C15H13ClN2O2S. The monoisotopic (exact) mass is 320 g/mol. The highest BCUT2D eigenvalue weighted by atomic mass is 35.5. The summed E-state index contributed by atoms with van der Waals surface area (Å²) in [6.07, 6.45) is 2.93. The molecule has 21 heavy (non-hydrogen) atoms. The first-order valence-corrected chi connectivity index (χ1v) is 6.93. The van der Waals surface area contributed by atoms with Crippen LogP contribution in [0.3, 0.4) is 0 Å². The van der Waals surface area contributed by atoms with Crippen molar-refractivity contribution in [3.8, 4) is 0 Å². The number of hydrogen-bond donors (Lipinski definition) is 2. The molecule has 0 fully saturated rings. The van der Waals surface area contributed by atoms with Crippen LogP contribution >= 0.6 is 23.8 Å². The van der Waals surface area contributed by atoms with E-state index in [2.05, 4.69) is 10.6 Å². The number of anilines is 1. The number of rotatable bonds is 3. The van der Waals surface area contributed by atoms with Gasteiger partial charge in [0, 0.05) is 16.8 Å². The predicted molar refractivity (Wildman–Crippen MR) is 88.3 cm³/mol. The Morgan fingerprint density at radius 2 is 2.14 bits per heavy atom. The van der Waals surface area contributed by atoms with Gasteiger partial charge in [-0.25, -0.2) is 0 Å². The normalized spacial score (nSPS) is 10.6. The first-order valence-electron chi connectivity index (χ1n) is 6.15. The number of halogens is 1. The van der Waals surface area contributed by atoms with Gasteiger partial charge in [0.1, 0.15) is 11.5 Å². The van der Waals surface area contributed by atoms with Crippen molar-refractivity contribution < 1.29 is 9.21 Å². The van der Waals surface area contributed by atoms with Crippen molar-refractivity contribution in [1.29, 1.82) is 0 Å². The third-order valence-electron chi connectivity index (χ3n) is 2.48. The van der Waals surface area contributed by atoms with Crippen LogP contribution in [0.15, 0.2) is 46.9 Å². The predicted octanol–water partition coefficient (Wildman–Crippen LogP) is 3.77. The highest BCUT2D eigenvalue weighted by Crippen LogP contribution is 2.14. The van der Waals surface area contributed by atoms with Crippen LogP contribution in [-0.4, -0.2) is 11.0 Å². The summed E-state index contributed by atoms with van der Waals surface area (Å²) >= 11 is 10.9. The molecular weight excluding hydrogens is 308 g/mol. The van der Waals surface area contributed by atoms with Gasteiger partial charge in [0.25, 0.3) is 0 Å². The molecule has 1 amide bonds. The van der Waals surface area contributed by atoms with E-state index >= 15 is 0 Å². The number of carbonyl (C=O) groups is 1. The second-order valence-electron chi connectivity index (χ2n) is 4.24. The van der Waals surface area contributed by atoms with Gasteiger partial charge in [-0.3, -0.25) is 10.1 Å². The van der Waals surface area contributed by atoms with Crippen molar-refractivity contribution in [2.24, 2.45) is 0 Å². The maximum Gasteiger partial charge on any atom is 0.250 e. The third-order valence-corrected chi connectivity index (χ3v) is 2.92. The molecule has 0 unspecified atom stereocenters. The summed E-state index contributed by atoms with van der Waals surface area (Å²) in [6, 6.07) is 10.6. The lowest BCUT2D eigenvalue weighted by Crippen LogP contribution is -2.32. The Morgan fingerprint density at radius 1 is 1.33 bits per heavy atom. The number of carbonyl (C=O) groups excluding carboxylic acids is 1. The number of hydrogen-bond acceptors (Lipinski definition) is 3. The van der Waals surface area contributed by atoms with Crippen molar-refractivity contribution >= 4 is 46.6 Å². The van der Waals surface area contributed by atoms with Gasteiger partial charge in [-0.15, -0.1) is 0 Å². The van der Waals surface area contributed by atoms with Crippen LogP contribution in [0.4, 0.5) is 5.69 Å². The maximum absolute atomic E-state index is 11.7. The van der Waals surface area contributed by atoms with Crippen molar-refractivity contribution in [2.75, 3.05) is 5.32 Å². The van der Waals surface area contributed by atoms with Crippen LogP contribution in [0.25, 0.3) is 6.08 Å². The lowest BCUT2D eigenvalue weighted by Gasteiger charge is -2.08. The largest absolute Gasteiger partial charge is 0.462 e. The zero-order chi connectivity index (χ0) is 15.2. The number of aryl methyl sites for hydroxylation is 1. The Balaban J connectivity index is 1.87. The van der Waals surface area contributed by atoms with Gasteiger partial charge in [0.2, 0.25) is 5.91 Å². The SMILES string of the molecule is Cc1ccc(/C=C/C(=O)NC(=S)Nc2cccc(Cl)c2)o1.